The molecule has 0 aliphatic carbocycles. The molecule has 0 unspecified atom stereocenters. The highest BCUT2D eigenvalue weighted by atomic mass is 16.4. The van der Waals surface area contributed by atoms with E-state index in [2.05, 4.69) is 11.9 Å². The van der Waals surface area contributed by atoms with Gasteiger partial charge in [-0.1, -0.05) is 0 Å². The highest BCUT2D eigenvalue weighted by molar-refractivity contribution is 5.71. The van der Waals surface area contributed by atoms with Gasteiger partial charge in [0.2, 0.25) is 0 Å². The van der Waals surface area contributed by atoms with E-state index >= 15 is 0 Å². The second kappa shape index (κ2) is 2.73. The quantitative estimate of drug-likeness (QED) is 0.635. The minimum atomic E-state index is -0.604. The number of rotatable bonds is 1. The third-order valence-corrected chi connectivity index (χ3v) is 3.49. The van der Waals surface area contributed by atoms with E-state index in [0.717, 1.165) is 19.3 Å². The van der Waals surface area contributed by atoms with Crippen molar-refractivity contribution in [1.29, 1.82) is 0 Å². The van der Waals surface area contributed by atoms with E-state index in [1.54, 1.807) is 0 Å². The SMILES string of the molecule is CN1[C@H]2CC[C@H](C(=O)O)[C@H]1CC2. The molecule has 0 spiro atoms. The summed E-state index contributed by atoms with van der Waals surface area (Å²) in [6.45, 7) is 0. The Bertz CT molecular complexity index is 205. The Morgan fingerprint density at radius 2 is 2.00 bits per heavy atom. The summed E-state index contributed by atoms with van der Waals surface area (Å²) >= 11 is 0. The third kappa shape index (κ3) is 1.04. The second-order valence-electron chi connectivity index (χ2n) is 3.99. The lowest BCUT2D eigenvalue weighted by Gasteiger charge is -2.35. The molecule has 0 aromatic heterocycles. The summed E-state index contributed by atoms with van der Waals surface area (Å²) in [6.07, 6.45) is 4.24. The summed E-state index contributed by atoms with van der Waals surface area (Å²) < 4.78 is 0. The molecule has 2 rings (SSSR count). The topological polar surface area (TPSA) is 40.5 Å². The van der Waals surface area contributed by atoms with Crippen molar-refractivity contribution in [3.8, 4) is 0 Å². The van der Waals surface area contributed by atoms with Crippen LogP contribution in [0.2, 0.25) is 0 Å². The van der Waals surface area contributed by atoms with Crippen molar-refractivity contribution in [1.82, 2.24) is 4.90 Å². The molecule has 12 heavy (non-hydrogen) atoms. The molecule has 2 aliphatic heterocycles. The number of hydrogen-bond acceptors (Lipinski definition) is 2. The van der Waals surface area contributed by atoms with Gasteiger partial charge < -0.3 is 5.11 Å². The Balaban J connectivity index is 2.14. The molecule has 2 saturated heterocycles. The zero-order valence-corrected chi connectivity index (χ0v) is 7.36. The number of hydrogen-bond donors (Lipinski definition) is 1. The smallest absolute Gasteiger partial charge is 0.308 e. The van der Waals surface area contributed by atoms with E-state index in [1.165, 1.54) is 6.42 Å². The molecule has 68 valence electrons. The lowest BCUT2D eigenvalue weighted by molar-refractivity contribution is -0.145. The van der Waals surface area contributed by atoms with Crippen LogP contribution in [0.1, 0.15) is 25.7 Å². The van der Waals surface area contributed by atoms with Gasteiger partial charge in [-0.3, -0.25) is 9.69 Å². The summed E-state index contributed by atoms with van der Waals surface area (Å²) in [6, 6.07) is 0.992. The number of aliphatic carboxylic acids is 1. The van der Waals surface area contributed by atoms with E-state index in [4.69, 9.17) is 5.11 Å². The number of carbonyl (C=O) groups is 1. The van der Waals surface area contributed by atoms with Crippen molar-refractivity contribution in [2.24, 2.45) is 5.92 Å². The molecule has 0 aromatic carbocycles. The van der Waals surface area contributed by atoms with Crippen molar-refractivity contribution in [2.45, 2.75) is 37.8 Å². The molecule has 0 saturated carbocycles. The molecule has 2 heterocycles. The minimum Gasteiger partial charge on any atom is -0.481 e. The number of piperidine rings is 1. The maximum Gasteiger partial charge on any atom is 0.308 e. The van der Waals surface area contributed by atoms with Crippen LogP contribution in [0.4, 0.5) is 0 Å². The fourth-order valence-corrected chi connectivity index (χ4v) is 2.73. The van der Waals surface area contributed by atoms with Gasteiger partial charge in [0.05, 0.1) is 5.92 Å². The Labute approximate surface area is 72.4 Å². The van der Waals surface area contributed by atoms with Crippen molar-refractivity contribution >= 4 is 5.97 Å². The van der Waals surface area contributed by atoms with Crippen LogP contribution < -0.4 is 0 Å². The van der Waals surface area contributed by atoms with Gasteiger partial charge >= 0.3 is 5.97 Å². The predicted octanol–water partition coefficient (Wildman–Crippen LogP) is 0.944. The summed E-state index contributed by atoms with van der Waals surface area (Å²) in [5, 5.41) is 8.95. The first-order chi connectivity index (χ1) is 5.70. The molecule has 2 bridgehead atoms. The monoisotopic (exact) mass is 169 g/mol. The number of carboxylic acids is 1. The Hall–Kier alpha value is -0.570. The molecular weight excluding hydrogens is 154 g/mol. The predicted molar refractivity (Wildman–Crippen MR) is 44.9 cm³/mol. The maximum absolute atomic E-state index is 10.9. The van der Waals surface area contributed by atoms with Crippen molar-refractivity contribution in [2.75, 3.05) is 7.05 Å². The summed E-state index contributed by atoms with van der Waals surface area (Å²) in [5.74, 6) is -0.707. The Morgan fingerprint density at radius 1 is 1.33 bits per heavy atom. The molecule has 3 heteroatoms. The van der Waals surface area contributed by atoms with Crippen LogP contribution in [0.15, 0.2) is 0 Å². The van der Waals surface area contributed by atoms with E-state index < -0.39 is 5.97 Å². The van der Waals surface area contributed by atoms with Crippen LogP contribution in [0.3, 0.4) is 0 Å². The fourth-order valence-electron chi connectivity index (χ4n) is 2.73. The van der Waals surface area contributed by atoms with Crippen LogP contribution in [-0.2, 0) is 4.79 Å². The van der Waals surface area contributed by atoms with Crippen molar-refractivity contribution in [3.05, 3.63) is 0 Å². The van der Waals surface area contributed by atoms with Gasteiger partial charge in [-0.15, -0.1) is 0 Å². The van der Waals surface area contributed by atoms with E-state index in [9.17, 15) is 4.79 Å². The number of nitrogens with zero attached hydrogens (tertiary/aromatic N) is 1. The lowest BCUT2D eigenvalue weighted by Crippen LogP contribution is -2.44. The fraction of sp³-hybridized carbons (Fsp3) is 0.889. The first kappa shape index (κ1) is 8.05. The molecule has 3 nitrogen and oxygen atoms in total. The van der Waals surface area contributed by atoms with Gasteiger partial charge in [0.25, 0.3) is 0 Å². The highest BCUT2D eigenvalue weighted by Gasteiger charge is 2.42. The van der Waals surface area contributed by atoms with Gasteiger partial charge in [0, 0.05) is 12.1 Å². The largest absolute Gasteiger partial charge is 0.481 e. The van der Waals surface area contributed by atoms with Crippen LogP contribution in [-0.4, -0.2) is 35.1 Å². The molecule has 2 fully saturated rings. The normalized spacial score (nSPS) is 41.6. The molecule has 3 atom stereocenters. The van der Waals surface area contributed by atoms with Crippen LogP contribution in [0, 0.1) is 5.92 Å². The molecule has 0 aromatic rings. The first-order valence-corrected chi connectivity index (χ1v) is 4.65. The maximum atomic E-state index is 10.9. The van der Waals surface area contributed by atoms with Gasteiger partial charge in [-0.05, 0) is 32.7 Å². The van der Waals surface area contributed by atoms with Crippen LogP contribution >= 0.6 is 0 Å². The summed E-state index contributed by atoms with van der Waals surface area (Å²) in [4.78, 5) is 13.1. The first-order valence-electron chi connectivity index (χ1n) is 4.65. The average molecular weight is 169 g/mol. The molecule has 2 aliphatic rings. The van der Waals surface area contributed by atoms with E-state index in [1.807, 2.05) is 0 Å². The number of carboxylic acid groups (broad SMARTS) is 1. The molecular formula is C9H15NO2. The van der Waals surface area contributed by atoms with Crippen LogP contribution in [0.5, 0.6) is 0 Å². The van der Waals surface area contributed by atoms with Crippen molar-refractivity contribution < 1.29 is 9.90 Å². The van der Waals surface area contributed by atoms with Gasteiger partial charge in [0.1, 0.15) is 0 Å². The number of fused-ring (bicyclic) bond motifs is 2. The van der Waals surface area contributed by atoms with Gasteiger partial charge in [-0.2, -0.15) is 0 Å². The zero-order chi connectivity index (χ0) is 8.72. The third-order valence-electron chi connectivity index (χ3n) is 3.49. The standard InChI is InChI=1S/C9H15NO2/c1-10-6-2-4-7(9(11)12)8(10)5-3-6/h6-8H,2-5H2,1H3,(H,11,12)/t6-,7-,8+/m0/s1. The van der Waals surface area contributed by atoms with E-state index in [-0.39, 0.29) is 5.92 Å². The zero-order valence-electron chi connectivity index (χ0n) is 7.36. The molecule has 0 amide bonds. The van der Waals surface area contributed by atoms with E-state index in [0.29, 0.717) is 12.1 Å². The Morgan fingerprint density at radius 3 is 2.67 bits per heavy atom. The van der Waals surface area contributed by atoms with Crippen molar-refractivity contribution in [3.63, 3.8) is 0 Å². The lowest BCUT2D eigenvalue weighted by atomic mass is 9.91. The highest BCUT2D eigenvalue weighted by Crippen LogP contribution is 2.37. The van der Waals surface area contributed by atoms with Gasteiger partial charge in [0.15, 0.2) is 0 Å². The van der Waals surface area contributed by atoms with Gasteiger partial charge in [-0.25, -0.2) is 0 Å². The average Bonchev–Trinajstić information content (AvgIpc) is 2.32. The Kier molecular flexibility index (Phi) is 1.83. The molecule has 0 radical (unpaired) electrons. The molecule has 1 N–H and O–H groups in total. The summed E-state index contributed by atoms with van der Waals surface area (Å²) in [7, 11) is 2.07. The minimum absolute atomic E-state index is 0.103. The van der Waals surface area contributed by atoms with Crippen LogP contribution in [0.25, 0.3) is 0 Å². The summed E-state index contributed by atoms with van der Waals surface area (Å²) in [5.41, 5.74) is 0. The second-order valence-corrected chi connectivity index (χ2v) is 3.99.